The van der Waals surface area contributed by atoms with Crippen molar-refractivity contribution >= 4 is 40.0 Å². The van der Waals surface area contributed by atoms with Gasteiger partial charge in [0.15, 0.2) is 0 Å². The molecule has 124 valence electrons. The number of benzene rings is 1. The Bertz CT molecular complexity index is 651. The fraction of sp³-hybridized carbons (Fsp3) is 0.462. The van der Waals surface area contributed by atoms with E-state index in [9.17, 15) is 13.2 Å². The molecule has 1 saturated heterocycles. The summed E-state index contributed by atoms with van der Waals surface area (Å²) in [5.74, 6) is -0.597. The fourth-order valence-corrected chi connectivity index (χ4v) is 4.07. The summed E-state index contributed by atoms with van der Waals surface area (Å²) in [6, 6.07) is 4.13. The van der Waals surface area contributed by atoms with Gasteiger partial charge in [-0.2, -0.15) is 4.31 Å². The average Bonchev–Trinajstić information content (AvgIpc) is 2.46. The van der Waals surface area contributed by atoms with Gasteiger partial charge in [-0.25, -0.2) is 13.2 Å². The molecule has 0 spiro atoms. The van der Waals surface area contributed by atoms with Crippen molar-refractivity contribution in [1.29, 1.82) is 0 Å². The number of carbonyl (C=O) groups is 1. The second-order valence-electron chi connectivity index (χ2n) is 4.85. The number of halogens is 2. The molecule has 0 saturated carbocycles. The molecular formula is C13H18Cl2N2O4S. The van der Waals surface area contributed by atoms with Crippen LogP contribution in [0.1, 0.15) is 17.3 Å². The summed E-state index contributed by atoms with van der Waals surface area (Å²) in [6.45, 7) is 3.34. The number of nitrogens with zero attached hydrogens (tertiary/aromatic N) is 1. The van der Waals surface area contributed by atoms with Gasteiger partial charge in [-0.05, 0) is 25.1 Å². The van der Waals surface area contributed by atoms with Gasteiger partial charge in [-0.1, -0.05) is 11.6 Å². The number of carbonyl (C=O) groups excluding carboxylic acids is 1. The van der Waals surface area contributed by atoms with Crippen molar-refractivity contribution in [2.45, 2.75) is 17.9 Å². The molecule has 1 aromatic rings. The zero-order valence-corrected chi connectivity index (χ0v) is 14.6. The summed E-state index contributed by atoms with van der Waals surface area (Å²) in [4.78, 5) is 11.5. The number of piperazine rings is 1. The Morgan fingerprint density at radius 2 is 2.14 bits per heavy atom. The highest BCUT2D eigenvalue weighted by molar-refractivity contribution is 7.89. The Balaban J connectivity index is 0.00000242. The standard InChI is InChI=1S/C13H17ClN2O4S.ClH/c1-9-8-16(6-5-15-9)21(18,19)10-3-4-11(12(14)7-10)13(17)20-2;/h3-4,7,9,15H,5-6,8H2,1-2H3;1H. The molecule has 0 amide bonds. The number of methoxy groups -OCH3 is 1. The number of hydrogen-bond acceptors (Lipinski definition) is 5. The molecule has 1 heterocycles. The Hall–Kier alpha value is -0.860. The van der Waals surface area contributed by atoms with E-state index < -0.39 is 16.0 Å². The van der Waals surface area contributed by atoms with Gasteiger partial charge in [-0.3, -0.25) is 0 Å². The van der Waals surface area contributed by atoms with Crippen LogP contribution in [0, 0.1) is 0 Å². The normalized spacial score (nSPS) is 19.3. The van der Waals surface area contributed by atoms with E-state index in [1.165, 1.54) is 29.6 Å². The topological polar surface area (TPSA) is 75.7 Å². The van der Waals surface area contributed by atoms with E-state index in [2.05, 4.69) is 10.1 Å². The largest absolute Gasteiger partial charge is 0.465 e. The van der Waals surface area contributed by atoms with Crippen molar-refractivity contribution < 1.29 is 17.9 Å². The lowest BCUT2D eigenvalue weighted by Gasteiger charge is -2.31. The first kappa shape index (κ1) is 19.2. The molecule has 0 bridgehead atoms. The zero-order valence-electron chi connectivity index (χ0n) is 12.2. The summed E-state index contributed by atoms with van der Waals surface area (Å²) in [7, 11) is -2.37. The minimum atomic E-state index is -3.61. The number of hydrogen-bond donors (Lipinski definition) is 1. The molecule has 1 atom stereocenters. The molecule has 0 aromatic heterocycles. The second-order valence-corrected chi connectivity index (χ2v) is 7.20. The number of rotatable bonds is 3. The van der Waals surface area contributed by atoms with Gasteiger partial charge in [0.1, 0.15) is 0 Å². The second kappa shape index (κ2) is 7.61. The highest BCUT2D eigenvalue weighted by atomic mass is 35.5. The third-order valence-electron chi connectivity index (χ3n) is 3.32. The maximum absolute atomic E-state index is 12.6. The molecule has 1 N–H and O–H groups in total. The van der Waals surface area contributed by atoms with Gasteiger partial charge in [-0.15, -0.1) is 12.4 Å². The van der Waals surface area contributed by atoms with Gasteiger partial charge in [0.05, 0.1) is 22.6 Å². The lowest BCUT2D eigenvalue weighted by molar-refractivity contribution is 0.0601. The van der Waals surface area contributed by atoms with Crippen LogP contribution in [0.3, 0.4) is 0 Å². The van der Waals surface area contributed by atoms with Crippen molar-refractivity contribution in [1.82, 2.24) is 9.62 Å². The lowest BCUT2D eigenvalue weighted by Crippen LogP contribution is -2.51. The summed E-state index contributed by atoms with van der Waals surface area (Å²) in [5, 5.41) is 3.25. The lowest BCUT2D eigenvalue weighted by atomic mass is 10.2. The average molecular weight is 369 g/mol. The number of esters is 1. The van der Waals surface area contributed by atoms with Gasteiger partial charge < -0.3 is 10.1 Å². The Kier molecular flexibility index (Phi) is 6.64. The van der Waals surface area contributed by atoms with E-state index in [-0.39, 0.29) is 33.9 Å². The molecule has 1 aliphatic heterocycles. The maximum atomic E-state index is 12.6. The van der Waals surface area contributed by atoms with Crippen LogP contribution in [-0.4, -0.2) is 51.5 Å². The van der Waals surface area contributed by atoms with Crippen LogP contribution >= 0.6 is 24.0 Å². The first-order valence-corrected chi connectivity index (χ1v) is 8.29. The predicted molar refractivity (Wildman–Crippen MR) is 86.3 cm³/mol. The number of ether oxygens (including phenoxy) is 1. The first-order chi connectivity index (χ1) is 9.86. The molecule has 9 heteroatoms. The quantitative estimate of drug-likeness (QED) is 0.818. The third kappa shape index (κ3) is 3.91. The van der Waals surface area contributed by atoms with Crippen molar-refractivity contribution in [2.75, 3.05) is 26.7 Å². The van der Waals surface area contributed by atoms with Crippen LogP contribution < -0.4 is 5.32 Å². The van der Waals surface area contributed by atoms with Crippen LogP contribution in [0.2, 0.25) is 5.02 Å². The van der Waals surface area contributed by atoms with Crippen LogP contribution in [0.25, 0.3) is 0 Å². The van der Waals surface area contributed by atoms with E-state index in [1.807, 2.05) is 6.92 Å². The molecule has 1 aromatic carbocycles. The predicted octanol–water partition coefficient (Wildman–Crippen LogP) is 1.53. The van der Waals surface area contributed by atoms with Gasteiger partial charge in [0.25, 0.3) is 0 Å². The van der Waals surface area contributed by atoms with Gasteiger partial charge in [0, 0.05) is 25.7 Å². The fourth-order valence-electron chi connectivity index (χ4n) is 2.20. The first-order valence-electron chi connectivity index (χ1n) is 6.47. The Morgan fingerprint density at radius 1 is 1.45 bits per heavy atom. The van der Waals surface area contributed by atoms with E-state index in [4.69, 9.17) is 11.6 Å². The molecule has 0 radical (unpaired) electrons. The van der Waals surface area contributed by atoms with Crippen molar-refractivity contribution in [3.05, 3.63) is 28.8 Å². The molecule has 0 aliphatic carbocycles. The molecule has 1 fully saturated rings. The SMILES string of the molecule is COC(=O)c1ccc(S(=O)(=O)N2CCNC(C)C2)cc1Cl.Cl. The van der Waals surface area contributed by atoms with Gasteiger partial charge in [0.2, 0.25) is 10.0 Å². The molecule has 6 nitrogen and oxygen atoms in total. The van der Waals surface area contributed by atoms with E-state index in [1.54, 1.807) is 0 Å². The van der Waals surface area contributed by atoms with Crippen molar-refractivity contribution in [3.63, 3.8) is 0 Å². The van der Waals surface area contributed by atoms with Crippen molar-refractivity contribution in [3.8, 4) is 0 Å². The molecule has 2 rings (SSSR count). The summed E-state index contributed by atoms with van der Waals surface area (Å²) >= 11 is 5.98. The Labute approximate surface area is 141 Å². The monoisotopic (exact) mass is 368 g/mol. The molecule has 1 aliphatic rings. The van der Waals surface area contributed by atoms with Gasteiger partial charge >= 0.3 is 5.97 Å². The van der Waals surface area contributed by atoms with Crippen LogP contribution in [0.5, 0.6) is 0 Å². The molecular weight excluding hydrogens is 351 g/mol. The van der Waals surface area contributed by atoms with E-state index in [0.29, 0.717) is 19.6 Å². The van der Waals surface area contributed by atoms with E-state index >= 15 is 0 Å². The minimum Gasteiger partial charge on any atom is -0.465 e. The van der Waals surface area contributed by atoms with Crippen LogP contribution in [0.15, 0.2) is 23.1 Å². The highest BCUT2D eigenvalue weighted by Crippen LogP contribution is 2.24. The molecule has 22 heavy (non-hydrogen) atoms. The third-order valence-corrected chi connectivity index (χ3v) is 5.49. The van der Waals surface area contributed by atoms with Crippen molar-refractivity contribution in [2.24, 2.45) is 0 Å². The maximum Gasteiger partial charge on any atom is 0.339 e. The smallest absolute Gasteiger partial charge is 0.339 e. The zero-order chi connectivity index (χ0) is 15.6. The summed E-state index contributed by atoms with van der Waals surface area (Å²) in [5.41, 5.74) is 0.145. The highest BCUT2D eigenvalue weighted by Gasteiger charge is 2.29. The summed E-state index contributed by atoms with van der Waals surface area (Å²) in [6.07, 6.45) is 0. The minimum absolute atomic E-state index is 0. The van der Waals surface area contributed by atoms with Crippen LogP contribution in [-0.2, 0) is 14.8 Å². The van der Waals surface area contributed by atoms with E-state index in [0.717, 1.165) is 0 Å². The van der Waals surface area contributed by atoms with Crippen LogP contribution in [0.4, 0.5) is 0 Å². The Morgan fingerprint density at radius 3 is 2.68 bits per heavy atom. The molecule has 1 unspecified atom stereocenters. The summed E-state index contributed by atoms with van der Waals surface area (Å²) < 4.78 is 31.1. The number of nitrogens with one attached hydrogen (secondary N) is 1. The number of sulfonamides is 1.